The Kier molecular flexibility index (Phi) is 4.93. The van der Waals surface area contributed by atoms with Gasteiger partial charge >= 0.3 is 5.97 Å². The smallest absolute Gasteiger partial charge is 0.319 e. The highest BCUT2D eigenvalue weighted by Crippen LogP contribution is 2.19. The van der Waals surface area contributed by atoms with Crippen molar-refractivity contribution < 1.29 is 9.53 Å². The van der Waals surface area contributed by atoms with E-state index in [1.165, 1.54) is 11.8 Å². The summed E-state index contributed by atoms with van der Waals surface area (Å²) in [5.74, 6) is -0.301. The molecule has 7 heteroatoms. The SMILES string of the molecule is CC(SC1=NCN=N1)C(=O)OCc1ccc(Cl)cc1. The number of halogens is 1. The molecule has 1 aromatic rings. The molecule has 0 aliphatic carbocycles. The van der Waals surface area contributed by atoms with Gasteiger partial charge in [-0.15, -0.1) is 5.11 Å². The van der Waals surface area contributed by atoms with Crippen LogP contribution in [-0.2, 0) is 16.1 Å². The van der Waals surface area contributed by atoms with Crippen molar-refractivity contribution in [3.05, 3.63) is 34.9 Å². The Morgan fingerprint density at radius 1 is 1.47 bits per heavy atom. The van der Waals surface area contributed by atoms with E-state index in [0.717, 1.165) is 5.56 Å². The molecule has 1 unspecified atom stereocenters. The van der Waals surface area contributed by atoms with Gasteiger partial charge in [-0.2, -0.15) is 5.11 Å². The Morgan fingerprint density at radius 3 is 2.84 bits per heavy atom. The number of thioether (sulfide) groups is 1. The topological polar surface area (TPSA) is 63.4 Å². The summed E-state index contributed by atoms with van der Waals surface area (Å²) < 4.78 is 5.21. The van der Waals surface area contributed by atoms with E-state index in [1.807, 2.05) is 12.1 Å². The van der Waals surface area contributed by atoms with Gasteiger partial charge in [-0.05, 0) is 24.6 Å². The van der Waals surface area contributed by atoms with Crippen LogP contribution in [0.3, 0.4) is 0 Å². The lowest BCUT2D eigenvalue weighted by molar-refractivity contribution is -0.143. The first-order valence-corrected chi connectivity index (χ1v) is 6.90. The Balaban J connectivity index is 1.80. The summed E-state index contributed by atoms with van der Waals surface area (Å²) in [6, 6.07) is 7.17. The normalized spacial score (nSPS) is 15.2. The number of carbonyl (C=O) groups excluding carboxylic acids is 1. The van der Waals surface area contributed by atoms with E-state index >= 15 is 0 Å². The summed E-state index contributed by atoms with van der Waals surface area (Å²) in [4.78, 5) is 15.8. The van der Waals surface area contributed by atoms with Crippen LogP contribution in [0.15, 0.2) is 39.5 Å². The number of hydrogen-bond acceptors (Lipinski definition) is 6. The molecule has 5 nitrogen and oxygen atoms in total. The van der Waals surface area contributed by atoms with E-state index in [1.54, 1.807) is 19.1 Å². The Labute approximate surface area is 120 Å². The zero-order chi connectivity index (χ0) is 13.7. The van der Waals surface area contributed by atoms with Crippen molar-refractivity contribution in [2.24, 2.45) is 15.2 Å². The quantitative estimate of drug-likeness (QED) is 0.801. The number of carbonyl (C=O) groups is 1. The lowest BCUT2D eigenvalue weighted by Gasteiger charge is -2.09. The minimum Gasteiger partial charge on any atom is -0.460 e. The number of amidine groups is 1. The molecule has 0 spiro atoms. The van der Waals surface area contributed by atoms with Crippen molar-refractivity contribution in [3.63, 3.8) is 0 Å². The summed E-state index contributed by atoms with van der Waals surface area (Å²) in [7, 11) is 0. The van der Waals surface area contributed by atoms with Crippen LogP contribution in [0.1, 0.15) is 12.5 Å². The van der Waals surface area contributed by atoms with Crippen molar-refractivity contribution in [3.8, 4) is 0 Å². The first-order valence-electron chi connectivity index (χ1n) is 5.65. The lowest BCUT2D eigenvalue weighted by Crippen LogP contribution is -2.18. The fourth-order valence-corrected chi connectivity index (χ4v) is 2.18. The number of nitrogens with zero attached hydrogens (tertiary/aromatic N) is 3. The second-order valence-electron chi connectivity index (χ2n) is 3.82. The number of esters is 1. The third-order valence-corrected chi connectivity index (χ3v) is 3.55. The second kappa shape index (κ2) is 6.68. The van der Waals surface area contributed by atoms with Crippen LogP contribution in [0, 0.1) is 0 Å². The van der Waals surface area contributed by atoms with E-state index in [-0.39, 0.29) is 17.8 Å². The Hall–Kier alpha value is -1.40. The molecule has 1 aliphatic heterocycles. The molecular formula is C12H12ClN3O2S. The average Bonchev–Trinajstić information content (AvgIpc) is 2.90. The van der Waals surface area contributed by atoms with E-state index in [2.05, 4.69) is 15.2 Å². The van der Waals surface area contributed by atoms with Crippen LogP contribution >= 0.6 is 23.4 Å². The standard InChI is InChI=1S/C12H12ClN3O2S/c1-8(19-12-14-7-15-16-12)11(17)18-6-9-2-4-10(13)5-3-9/h2-5,8H,6-7H2,1H3. The molecule has 0 N–H and O–H groups in total. The van der Waals surface area contributed by atoms with Gasteiger partial charge in [-0.3, -0.25) is 4.79 Å². The molecule has 2 rings (SSSR count). The number of azo groups is 1. The zero-order valence-corrected chi connectivity index (χ0v) is 11.8. The molecule has 19 heavy (non-hydrogen) atoms. The van der Waals surface area contributed by atoms with Crippen molar-refractivity contribution in [1.82, 2.24) is 0 Å². The van der Waals surface area contributed by atoms with Gasteiger partial charge in [-0.1, -0.05) is 35.5 Å². The van der Waals surface area contributed by atoms with Crippen molar-refractivity contribution in [1.29, 1.82) is 0 Å². The average molecular weight is 298 g/mol. The number of rotatable bonds is 4. The molecule has 1 atom stereocenters. The zero-order valence-electron chi connectivity index (χ0n) is 10.2. The molecule has 1 aliphatic rings. The summed E-state index contributed by atoms with van der Waals surface area (Å²) in [5, 5.41) is 8.34. The first kappa shape index (κ1) is 14.0. The molecule has 0 bridgehead atoms. The summed E-state index contributed by atoms with van der Waals surface area (Å²) >= 11 is 7.02. The van der Waals surface area contributed by atoms with Crippen LogP contribution in [0.5, 0.6) is 0 Å². The Morgan fingerprint density at radius 2 is 2.21 bits per heavy atom. The minimum atomic E-state index is -0.358. The second-order valence-corrected chi connectivity index (χ2v) is 5.56. The van der Waals surface area contributed by atoms with Crippen LogP contribution in [0.4, 0.5) is 0 Å². The summed E-state index contributed by atoms with van der Waals surface area (Å²) in [6.07, 6.45) is 0. The number of aliphatic imine (C=N–C) groups is 1. The van der Waals surface area contributed by atoms with Gasteiger partial charge in [-0.25, -0.2) is 4.99 Å². The van der Waals surface area contributed by atoms with Gasteiger partial charge in [0.25, 0.3) is 0 Å². The van der Waals surface area contributed by atoms with Crippen molar-refractivity contribution in [2.75, 3.05) is 6.67 Å². The molecule has 0 saturated carbocycles. The van der Waals surface area contributed by atoms with E-state index in [9.17, 15) is 4.79 Å². The maximum Gasteiger partial charge on any atom is 0.319 e. The van der Waals surface area contributed by atoms with Gasteiger partial charge in [0.2, 0.25) is 5.17 Å². The molecule has 0 aromatic heterocycles. The summed E-state index contributed by atoms with van der Waals surface area (Å²) in [5.41, 5.74) is 0.896. The van der Waals surface area contributed by atoms with Gasteiger partial charge in [0.15, 0.2) is 6.67 Å². The van der Waals surface area contributed by atoms with E-state index in [0.29, 0.717) is 16.9 Å². The lowest BCUT2D eigenvalue weighted by atomic mass is 10.2. The molecule has 1 heterocycles. The van der Waals surface area contributed by atoms with Gasteiger partial charge in [0, 0.05) is 5.02 Å². The molecule has 0 amide bonds. The predicted octanol–water partition coefficient (Wildman–Crippen LogP) is 3.28. The van der Waals surface area contributed by atoms with Gasteiger partial charge < -0.3 is 4.74 Å². The van der Waals surface area contributed by atoms with Gasteiger partial charge in [0.1, 0.15) is 11.9 Å². The fraction of sp³-hybridized carbons (Fsp3) is 0.333. The highest BCUT2D eigenvalue weighted by Gasteiger charge is 2.19. The largest absolute Gasteiger partial charge is 0.460 e. The highest BCUT2D eigenvalue weighted by atomic mass is 35.5. The highest BCUT2D eigenvalue weighted by molar-refractivity contribution is 8.14. The van der Waals surface area contributed by atoms with Crippen molar-refractivity contribution in [2.45, 2.75) is 18.8 Å². The molecule has 100 valence electrons. The molecule has 0 radical (unpaired) electrons. The third-order valence-electron chi connectivity index (χ3n) is 2.33. The number of ether oxygens (including phenoxy) is 1. The van der Waals surface area contributed by atoms with Gasteiger partial charge in [0.05, 0.1) is 0 Å². The summed E-state index contributed by atoms with van der Waals surface area (Å²) in [6.45, 7) is 2.33. The molecular weight excluding hydrogens is 286 g/mol. The maximum atomic E-state index is 11.8. The monoisotopic (exact) mass is 297 g/mol. The van der Waals surface area contributed by atoms with E-state index in [4.69, 9.17) is 16.3 Å². The van der Waals surface area contributed by atoms with Crippen LogP contribution in [0.2, 0.25) is 5.02 Å². The van der Waals surface area contributed by atoms with Crippen LogP contribution in [-0.4, -0.2) is 23.1 Å². The number of hydrogen-bond donors (Lipinski definition) is 0. The van der Waals surface area contributed by atoms with E-state index < -0.39 is 0 Å². The maximum absolute atomic E-state index is 11.8. The molecule has 1 aromatic carbocycles. The minimum absolute atomic E-state index is 0.231. The number of benzene rings is 1. The van der Waals surface area contributed by atoms with Crippen LogP contribution < -0.4 is 0 Å². The predicted molar refractivity (Wildman–Crippen MR) is 75.5 cm³/mol. The van der Waals surface area contributed by atoms with Crippen molar-refractivity contribution >= 4 is 34.5 Å². The third kappa shape index (κ3) is 4.33. The Bertz CT molecular complexity index is 516. The molecule has 0 saturated heterocycles. The molecule has 0 fully saturated rings. The van der Waals surface area contributed by atoms with Crippen LogP contribution in [0.25, 0.3) is 0 Å². The first-order chi connectivity index (χ1) is 9.15. The fourth-order valence-electron chi connectivity index (χ4n) is 1.34.